The number of ether oxygens (including phenoxy) is 2. The largest absolute Gasteiger partial charge is 0.415 e. The Balaban J connectivity index is 1.69. The van der Waals surface area contributed by atoms with Crippen LogP contribution in [-0.4, -0.2) is 53.1 Å². The van der Waals surface area contributed by atoms with E-state index in [9.17, 15) is 18.0 Å². The number of benzene rings is 1. The van der Waals surface area contributed by atoms with Crippen LogP contribution < -0.4 is 26.8 Å². The molecule has 2 atom stereocenters. The number of halogens is 3. The fraction of sp³-hybridized carbons (Fsp3) is 0.458. The van der Waals surface area contributed by atoms with Crippen molar-refractivity contribution < 1.29 is 27.4 Å². The molecule has 1 amide bonds. The molecule has 4 rings (SSSR count). The van der Waals surface area contributed by atoms with Gasteiger partial charge in [-0.05, 0) is 49.9 Å². The molecular weight excluding hydrogens is 491 g/mol. The number of carbonyl (C=O) groups excluding carboxylic acids is 1. The monoisotopic (exact) mass is 521 g/mol. The Bertz CT molecular complexity index is 1260. The van der Waals surface area contributed by atoms with Gasteiger partial charge in [-0.2, -0.15) is 8.78 Å². The molecule has 0 bridgehead atoms. The molecular formula is C24H30F3N7O3. The minimum absolute atomic E-state index is 0.00381. The van der Waals surface area contributed by atoms with Crippen LogP contribution in [0.3, 0.4) is 0 Å². The third kappa shape index (κ3) is 5.88. The predicted octanol–water partition coefficient (Wildman–Crippen LogP) is 3.59. The third-order valence-corrected chi connectivity index (χ3v) is 6.46. The topological polar surface area (TPSA) is 142 Å². The second-order valence-electron chi connectivity index (χ2n) is 9.06. The standard InChI is InChI=1S/C24H30F3N7O3/c1-12(28)19(13-4-3-5-13)31-22-17(25)11-16(20(29)35)21(32-22)30-14-6-7-18-15(10-14)23(37-24(26)27)33-34(18)8-9-36-2/h6-7,10-13,19,24H,3-5,8-9,28H2,1-2H3,(H2,29,35)(H2,30,31,32)/t12-,19-/m0/s1. The molecule has 37 heavy (non-hydrogen) atoms. The van der Waals surface area contributed by atoms with E-state index < -0.39 is 18.3 Å². The van der Waals surface area contributed by atoms with Crippen molar-refractivity contribution in [2.45, 2.75) is 51.4 Å². The number of hydrogen-bond acceptors (Lipinski definition) is 8. The summed E-state index contributed by atoms with van der Waals surface area (Å²) in [6.07, 6.45) is 3.04. The first-order valence-electron chi connectivity index (χ1n) is 11.9. The number of primary amides is 1. The summed E-state index contributed by atoms with van der Waals surface area (Å²) in [6.45, 7) is -0.612. The molecule has 2 aromatic heterocycles. The molecule has 0 unspecified atom stereocenters. The highest BCUT2D eigenvalue weighted by Crippen LogP contribution is 2.34. The number of pyridine rings is 1. The zero-order valence-corrected chi connectivity index (χ0v) is 20.5. The van der Waals surface area contributed by atoms with Crippen LogP contribution >= 0.6 is 0 Å². The van der Waals surface area contributed by atoms with Gasteiger partial charge >= 0.3 is 6.61 Å². The maximum Gasteiger partial charge on any atom is 0.388 e. The lowest BCUT2D eigenvalue weighted by atomic mass is 9.77. The van der Waals surface area contributed by atoms with E-state index in [1.54, 1.807) is 12.1 Å². The molecule has 0 spiro atoms. The van der Waals surface area contributed by atoms with Crippen molar-refractivity contribution in [1.82, 2.24) is 14.8 Å². The highest BCUT2D eigenvalue weighted by Gasteiger charge is 2.31. The van der Waals surface area contributed by atoms with E-state index in [0.29, 0.717) is 35.7 Å². The van der Waals surface area contributed by atoms with Gasteiger partial charge < -0.3 is 31.6 Å². The van der Waals surface area contributed by atoms with Crippen LogP contribution in [0.15, 0.2) is 24.3 Å². The number of fused-ring (bicyclic) bond motifs is 1. The molecule has 2 heterocycles. The van der Waals surface area contributed by atoms with Gasteiger partial charge in [0, 0.05) is 24.9 Å². The maximum absolute atomic E-state index is 14.9. The average molecular weight is 522 g/mol. The number of hydrogen-bond donors (Lipinski definition) is 4. The van der Waals surface area contributed by atoms with E-state index in [1.165, 1.54) is 17.9 Å². The van der Waals surface area contributed by atoms with Crippen molar-refractivity contribution in [2.24, 2.45) is 17.4 Å². The van der Waals surface area contributed by atoms with Gasteiger partial charge in [-0.1, -0.05) is 6.42 Å². The lowest BCUT2D eigenvalue weighted by molar-refractivity contribution is -0.0523. The Morgan fingerprint density at radius 3 is 2.62 bits per heavy atom. The van der Waals surface area contributed by atoms with Crippen LogP contribution in [0.25, 0.3) is 10.9 Å². The van der Waals surface area contributed by atoms with Crippen LogP contribution in [0.2, 0.25) is 0 Å². The first-order valence-corrected chi connectivity index (χ1v) is 11.9. The molecule has 10 nitrogen and oxygen atoms in total. The zero-order valence-electron chi connectivity index (χ0n) is 20.5. The second kappa shape index (κ2) is 11.2. The Morgan fingerprint density at radius 2 is 2.03 bits per heavy atom. The Morgan fingerprint density at radius 1 is 1.27 bits per heavy atom. The van der Waals surface area contributed by atoms with Gasteiger partial charge in [0.25, 0.3) is 5.91 Å². The molecule has 13 heteroatoms. The molecule has 1 aliphatic rings. The Labute approximate surface area is 211 Å². The van der Waals surface area contributed by atoms with Gasteiger partial charge in [-0.15, -0.1) is 5.10 Å². The molecule has 0 saturated heterocycles. The van der Waals surface area contributed by atoms with Crippen molar-refractivity contribution in [3.05, 3.63) is 35.6 Å². The van der Waals surface area contributed by atoms with Crippen molar-refractivity contribution in [3.63, 3.8) is 0 Å². The van der Waals surface area contributed by atoms with Crippen molar-refractivity contribution >= 4 is 34.1 Å². The number of anilines is 3. The summed E-state index contributed by atoms with van der Waals surface area (Å²) >= 11 is 0. The van der Waals surface area contributed by atoms with Gasteiger partial charge in [0.2, 0.25) is 5.88 Å². The van der Waals surface area contributed by atoms with Gasteiger partial charge in [0.15, 0.2) is 11.6 Å². The number of nitrogens with one attached hydrogen (secondary N) is 2. The fourth-order valence-corrected chi connectivity index (χ4v) is 4.39. The van der Waals surface area contributed by atoms with E-state index in [4.69, 9.17) is 16.2 Å². The summed E-state index contributed by atoms with van der Waals surface area (Å²) in [5, 5.41) is 10.5. The normalized spacial score (nSPS) is 15.4. The number of alkyl halides is 2. The van der Waals surface area contributed by atoms with Crippen LogP contribution in [0, 0.1) is 11.7 Å². The van der Waals surface area contributed by atoms with Crippen LogP contribution in [0.4, 0.5) is 30.5 Å². The maximum atomic E-state index is 14.9. The number of rotatable bonds is 12. The Hall–Kier alpha value is -3.58. The van der Waals surface area contributed by atoms with Gasteiger partial charge in [-0.3, -0.25) is 9.48 Å². The number of aromatic nitrogens is 3. The molecule has 0 aliphatic heterocycles. The summed E-state index contributed by atoms with van der Waals surface area (Å²) in [5.74, 6) is -1.69. The number of nitrogens with zero attached hydrogens (tertiary/aromatic N) is 3. The summed E-state index contributed by atoms with van der Waals surface area (Å²) in [6, 6.07) is 5.35. The average Bonchev–Trinajstić information content (AvgIpc) is 3.13. The minimum Gasteiger partial charge on any atom is -0.415 e. The molecule has 1 aliphatic carbocycles. The number of carbonyl (C=O) groups is 1. The smallest absolute Gasteiger partial charge is 0.388 e. The van der Waals surface area contributed by atoms with Crippen LogP contribution in [0.5, 0.6) is 5.88 Å². The number of nitrogens with two attached hydrogens (primary N) is 2. The van der Waals surface area contributed by atoms with Crippen molar-refractivity contribution in [1.29, 1.82) is 0 Å². The lowest BCUT2D eigenvalue weighted by Crippen LogP contribution is -2.46. The van der Waals surface area contributed by atoms with Crippen molar-refractivity contribution in [2.75, 3.05) is 24.4 Å². The zero-order chi connectivity index (χ0) is 26.7. The van der Waals surface area contributed by atoms with Gasteiger partial charge in [-0.25, -0.2) is 9.37 Å². The summed E-state index contributed by atoms with van der Waals surface area (Å²) in [5.41, 5.74) is 12.3. The fourth-order valence-electron chi connectivity index (χ4n) is 4.39. The highest BCUT2D eigenvalue weighted by atomic mass is 19.3. The second-order valence-corrected chi connectivity index (χ2v) is 9.06. The molecule has 0 radical (unpaired) electrons. The lowest BCUT2D eigenvalue weighted by Gasteiger charge is -2.37. The summed E-state index contributed by atoms with van der Waals surface area (Å²) in [4.78, 5) is 16.4. The molecule has 1 saturated carbocycles. The first-order chi connectivity index (χ1) is 17.7. The minimum atomic E-state index is -3.08. The van der Waals surface area contributed by atoms with E-state index in [2.05, 4.69) is 25.5 Å². The Kier molecular flexibility index (Phi) is 8.03. The predicted molar refractivity (Wildman–Crippen MR) is 133 cm³/mol. The quantitative estimate of drug-likeness (QED) is 0.283. The third-order valence-electron chi connectivity index (χ3n) is 6.46. The first kappa shape index (κ1) is 26.5. The van der Waals surface area contributed by atoms with Crippen LogP contribution in [-0.2, 0) is 11.3 Å². The molecule has 1 aromatic carbocycles. The summed E-state index contributed by atoms with van der Waals surface area (Å²) < 4.78 is 52.1. The summed E-state index contributed by atoms with van der Waals surface area (Å²) in [7, 11) is 1.52. The van der Waals surface area contributed by atoms with E-state index in [0.717, 1.165) is 25.3 Å². The van der Waals surface area contributed by atoms with E-state index >= 15 is 0 Å². The van der Waals surface area contributed by atoms with Gasteiger partial charge in [0.05, 0.1) is 29.6 Å². The van der Waals surface area contributed by atoms with Gasteiger partial charge in [0.1, 0.15) is 5.82 Å². The molecule has 6 N–H and O–H groups in total. The number of methoxy groups -OCH3 is 1. The molecule has 1 fully saturated rings. The van der Waals surface area contributed by atoms with E-state index in [1.807, 2.05) is 6.92 Å². The molecule has 3 aromatic rings. The highest BCUT2D eigenvalue weighted by molar-refractivity contribution is 5.99. The number of amides is 1. The molecule has 200 valence electrons. The van der Waals surface area contributed by atoms with E-state index in [-0.39, 0.29) is 35.2 Å². The van der Waals surface area contributed by atoms with Crippen molar-refractivity contribution in [3.8, 4) is 5.88 Å². The van der Waals surface area contributed by atoms with Crippen LogP contribution in [0.1, 0.15) is 36.5 Å². The SMILES string of the molecule is COCCn1nc(OC(F)F)c2cc(Nc3nc(N[C@H](C4CCC4)[C@H](C)N)c(F)cc3C(N)=O)ccc21.